The first-order valence-electron chi connectivity index (χ1n) is 7.30. The molecule has 9 heteroatoms. The third-order valence-electron chi connectivity index (χ3n) is 4.43. The number of imide groups is 1. The summed E-state index contributed by atoms with van der Waals surface area (Å²) in [6.07, 6.45) is 5.62. The Morgan fingerprint density at radius 1 is 1.26 bits per heavy atom. The number of hydrogen-bond donors (Lipinski definition) is 2. The Balaban J connectivity index is 1.53. The van der Waals surface area contributed by atoms with Gasteiger partial charge in [0, 0.05) is 25.5 Å². The van der Waals surface area contributed by atoms with Crippen molar-refractivity contribution in [3.05, 3.63) is 30.2 Å². The number of nitrogens with one attached hydrogen (secondary N) is 2. The Morgan fingerprint density at radius 3 is 2.74 bits per heavy atom. The van der Waals surface area contributed by atoms with Crippen molar-refractivity contribution in [2.24, 2.45) is 0 Å². The first kappa shape index (κ1) is 13.7. The average molecular weight is 314 g/mol. The number of hydrogen-bond acceptors (Lipinski definition) is 5. The molecule has 0 atom stereocenters. The summed E-state index contributed by atoms with van der Waals surface area (Å²) < 4.78 is 1.54. The lowest BCUT2D eigenvalue weighted by molar-refractivity contribution is -0.125. The Kier molecular flexibility index (Phi) is 2.83. The van der Waals surface area contributed by atoms with Crippen LogP contribution in [0.25, 0.3) is 5.65 Å². The number of aromatic nitrogens is 3. The molecule has 2 aliphatic heterocycles. The molecule has 4 heterocycles. The normalized spacial score (nSPS) is 19.9. The predicted octanol–water partition coefficient (Wildman–Crippen LogP) is -0.457. The number of rotatable bonds is 1. The molecule has 2 fully saturated rings. The molecule has 4 amide bonds. The van der Waals surface area contributed by atoms with Crippen LogP contribution in [-0.2, 0) is 4.79 Å². The minimum Gasteiger partial charge on any atom is -0.338 e. The third kappa shape index (κ3) is 2.04. The van der Waals surface area contributed by atoms with Crippen LogP contribution in [0.5, 0.6) is 0 Å². The van der Waals surface area contributed by atoms with Crippen LogP contribution in [0.15, 0.2) is 24.7 Å². The van der Waals surface area contributed by atoms with E-state index in [0.29, 0.717) is 37.1 Å². The zero-order valence-corrected chi connectivity index (χ0v) is 12.2. The van der Waals surface area contributed by atoms with Crippen LogP contribution in [0.3, 0.4) is 0 Å². The monoisotopic (exact) mass is 314 g/mol. The van der Waals surface area contributed by atoms with Crippen molar-refractivity contribution in [1.29, 1.82) is 0 Å². The van der Waals surface area contributed by atoms with E-state index >= 15 is 0 Å². The van der Waals surface area contributed by atoms with Gasteiger partial charge in [0.25, 0.3) is 11.8 Å². The van der Waals surface area contributed by atoms with E-state index in [1.54, 1.807) is 27.9 Å². The Hall–Kier alpha value is -2.97. The maximum absolute atomic E-state index is 12.7. The van der Waals surface area contributed by atoms with E-state index < -0.39 is 11.6 Å². The fourth-order valence-electron chi connectivity index (χ4n) is 3.12. The van der Waals surface area contributed by atoms with Crippen molar-refractivity contribution < 1.29 is 14.4 Å². The lowest BCUT2D eigenvalue weighted by Gasteiger charge is -2.36. The number of amides is 4. The number of likely N-dealkylation sites (tertiary alicyclic amines) is 1. The molecule has 2 aliphatic rings. The van der Waals surface area contributed by atoms with E-state index in [9.17, 15) is 14.4 Å². The molecule has 0 unspecified atom stereocenters. The van der Waals surface area contributed by atoms with Crippen LogP contribution in [0.1, 0.15) is 23.2 Å². The van der Waals surface area contributed by atoms with Crippen molar-refractivity contribution >= 4 is 23.5 Å². The average Bonchev–Trinajstić information content (AvgIpc) is 3.09. The van der Waals surface area contributed by atoms with E-state index in [0.717, 1.165) is 0 Å². The molecule has 23 heavy (non-hydrogen) atoms. The molecular weight excluding hydrogens is 300 g/mol. The zero-order valence-electron chi connectivity index (χ0n) is 12.2. The summed E-state index contributed by atoms with van der Waals surface area (Å²) in [6, 6.07) is 1.27. The fraction of sp³-hybridized carbons (Fsp3) is 0.357. The highest BCUT2D eigenvalue weighted by Crippen LogP contribution is 2.26. The van der Waals surface area contributed by atoms with Crippen LogP contribution in [-0.4, -0.2) is 56.0 Å². The van der Waals surface area contributed by atoms with Gasteiger partial charge in [-0.2, -0.15) is 5.10 Å². The molecular formula is C14H14N6O3. The first-order chi connectivity index (χ1) is 11.1. The second-order valence-corrected chi connectivity index (χ2v) is 5.73. The summed E-state index contributed by atoms with van der Waals surface area (Å²) >= 11 is 0. The second kappa shape index (κ2) is 4.77. The number of urea groups is 1. The summed E-state index contributed by atoms with van der Waals surface area (Å²) in [4.78, 5) is 41.8. The second-order valence-electron chi connectivity index (χ2n) is 5.73. The molecule has 9 nitrogen and oxygen atoms in total. The van der Waals surface area contributed by atoms with Crippen LogP contribution in [0.2, 0.25) is 0 Å². The zero-order chi connectivity index (χ0) is 16.0. The van der Waals surface area contributed by atoms with E-state index in [-0.39, 0.29) is 11.8 Å². The molecule has 1 spiro atoms. The van der Waals surface area contributed by atoms with E-state index in [1.807, 2.05) is 0 Å². The van der Waals surface area contributed by atoms with Gasteiger partial charge in [-0.3, -0.25) is 14.9 Å². The smallest absolute Gasteiger partial charge is 0.322 e. The highest BCUT2D eigenvalue weighted by molar-refractivity contribution is 6.07. The summed E-state index contributed by atoms with van der Waals surface area (Å²) in [5, 5.41) is 9.05. The highest BCUT2D eigenvalue weighted by Gasteiger charge is 2.48. The van der Waals surface area contributed by atoms with Gasteiger partial charge in [-0.05, 0) is 18.9 Å². The van der Waals surface area contributed by atoms with Gasteiger partial charge in [-0.15, -0.1) is 0 Å². The van der Waals surface area contributed by atoms with E-state index in [1.165, 1.54) is 6.20 Å². The van der Waals surface area contributed by atoms with E-state index in [4.69, 9.17) is 0 Å². The maximum atomic E-state index is 12.7. The molecule has 4 rings (SSSR count). The summed E-state index contributed by atoms with van der Waals surface area (Å²) in [5.41, 5.74) is 0.0545. The molecule has 2 aromatic heterocycles. The number of carbonyl (C=O) groups is 3. The highest BCUT2D eigenvalue weighted by atomic mass is 16.2. The predicted molar refractivity (Wildman–Crippen MR) is 77.5 cm³/mol. The largest absolute Gasteiger partial charge is 0.338 e. The van der Waals surface area contributed by atoms with Gasteiger partial charge in [-0.25, -0.2) is 14.3 Å². The van der Waals surface area contributed by atoms with Gasteiger partial charge in [0.1, 0.15) is 11.1 Å². The van der Waals surface area contributed by atoms with Gasteiger partial charge in [0.15, 0.2) is 5.65 Å². The minimum atomic E-state index is -0.882. The van der Waals surface area contributed by atoms with Crippen molar-refractivity contribution in [2.75, 3.05) is 13.1 Å². The minimum absolute atomic E-state index is 0.168. The molecule has 0 radical (unpaired) electrons. The first-order valence-corrected chi connectivity index (χ1v) is 7.30. The summed E-state index contributed by atoms with van der Waals surface area (Å²) in [6.45, 7) is 0.771. The quantitative estimate of drug-likeness (QED) is 0.693. The maximum Gasteiger partial charge on any atom is 0.322 e. The lowest BCUT2D eigenvalue weighted by atomic mass is 9.87. The summed E-state index contributed by atoms with van der Waals surface area (Å²) in [5.74, 6) is -0.481. The van der Waals surface area contributed by atoms with Gasteiger partial charge < -0.3 is 10.2 Å². The van der Waals surface area contributed by atoms with Gasteiger partial charge in [-0.1, -0.05) is 0 Å². The van der Waals surface area contributed by atoms with Crippen molar-refractivity contribution in [1.82, 2.24) is 30.1 Å². The standard InChI is InChI=1S/C14H14N6O3/c21-11(9-8-16-20-5-1-4-15-10(9)20)19-6-2-14(3-7-19)12(22)17-13(23)18-14/h1,4-5,8H,2-3,6-7H2,(H2,17,18,22,23). The molecule has 2 aromatic rings. The number of piperidine rings is 1. The molecule has 0 bridgehead atoms. The van der Waals surface area contributed by atoms with Crippen LogP contribution in [0.4, 0.5) is 4.79 Å². The molecule has 0 aliphatic carbocycles. The Morgan fingerprint density at radius 2 is 2.04 bits per heavy atom. The van der Waals surface area contributed by atoms with Gasteiger partial charge >= 0.3 is 6.03 Å². The lowest BCUT2D eigenvalue weighted by Crippen LogP contribution is -2.55. The van der Waals surface area contributed by atoms with Gasteiger partial charge in [0.05, 0.1) is 6.20 Å². The number of fused-ring (bicyclic) bond motifs is 1. The third-order valence-corrected chi connectivity index (χ3v) is 4.43. The molecule has 2 N–H and O–H groups in total. The molecule has 2 saturated heterocycles. The van der Waals surface area contributed by atoms with Crippen LogP contribution < -0.4 is 10.6 Å². The Bertz CT molecular complexity index is 821. The van der Waals surface area contributed by atoms with E-state index in [2.05, 4.69) is 20.7 Å². The van der Waals surface area contributed by atoms with Crippen molar-refractivity contribution in [3.8, 4) is 0 Å². The number of carbonyl (C=O) groups excluding carboxylic acids is 3. The number of nitrogens with zero attached hydrogens (tertiary/aromatic N) is 4. The van der Waals surface area contributed by atoms with Gasteiger partial charge in [0.2, 0.25) is 0 Å². The van der Waals surface area contributed by atoms with Crippen molar-refractivity contribution in [3.63, 3.8) is 0 Å². The molecule has 0 saturated carbocycles. The Labute approximate surface area is 130 Å². The SMILES string of the molecule is O=C1NC(=O)C2(CCN(C(=O)c3cnn4cccnc34)CC2)N1. The summed E-state index contributed by atoms with van der Waals surface area (Å²) in [7, 11) is 0. The van der Waals surface area contributed by atoms with Crippen LogP contribution >= 0.6 is 0 Å². The fourth-order valence-corrected chi connectivity index (χ4v) is 3.12. The molecule has 118 valence electrons. The molecule has 0 aromatic carbocycles. The topological polar surface area (TPSA) is 109 Å². The van der Waals surface area contributed by atoms with Crippen LogP contribution in [0, 0.1) is 0 Å². The van der Waals surface area contributed by atoms with Crippen molar-refractivity contribution in [2.45, 2.75) is 18.4 Å².